The van der Waals surface area contributed by atoms with E-state index in [-0.39, 0.29) is 10.3 Å². The van der Waals surface area contributed by atoms with Crippen molar-refractivity contribution in [3.05, 3.63) is 12.7 Å². The molecule has 1 atom stereocenters. The Hall–Kier alpha value is 0.0500. The zero-order valence-electron chi connectivity index (χ0n) is 7.72. The molecule has 0 aromatic rings. The Balaban J connectivity index is 4.00. The monoisotopic (exact) mass is 173 g/mol. The van der Waals surface area contributed by atoms with Crippen molar-refractivity contribution in [2.45, 2.75) is 38.5 Å². The second kappa shape index (κ2) is 3.63. The zero-order chi connectivity index (χ0) is 9.12. The second-order valence-corrected chi connectivity index (χ2v) is 5.21. The van der Waals surface area contributed by atoms with Crippen molar-refractivity contribution in [1.29, 1.82) is 0 Å². The summed E-state index contributed by atoms with van der Waals surface area (Å²) in [5.74, 6) is 0. The van der Waals surface area contributed by atoms with Gasteiger partial charge in [-0.1, -0.05) is 19.9 Å². The summed E-state index contributed by atoms with van der Waals surface area (Å²) < 4.78 is 0. The minimum absolute atomic E-state index is 0.215. The molecule has 0 radical (unpaired) electrons. The average molecular weight is 173 g/mol. The van der Waals surface area contributed by atoms with Crippen LogP contribution in [0.4, 0.5) is 0 Å². The number of thiol groups is 1. The summed E-state index contributed by atoms with van der Waals surface area (Å²) in [4.78, 5) is -0.369. The Labute approximate surface area is 75.5 Å². The molecule has 0 amide bonds. The molecular weight excluding hydrogens is 154 g/mol. The van der Waals surface area contributed by atoms with Crippen molar-refractivity contribution < 1.29 is 0 Å². The van der Waals surface area contributed by atoms with Gasteiger partial charge in [-0.25, -0.2) is 0 Å². The maximum Gasteiger partial charge on any atom is 0.0567 e. The molecule has 0 bridgehead atoms. The van der Waals surface area contributed by atoms with Crippen molar-refractivity contribution >= 4 is 12.6 Å². The molecular formula is C9H19NS. The number of hydrogen-bond donors (Lipinski definition) is 2. The predicted molar refractivity (Wildman–Crippen MR) is 54.8 cm³/mol. The van der Waals surface area contributed by atoms with Crippen LogP contribution in [0.2, 0.25) is 0 Å². The lowest BCUT2D eigenvalue weighted by Gasteiger charge is -2.30. The van der Waals surface area contributed by atoms with Gasteiger partial charge in [-0.05, 0) is 25.2 Å². The summed E-state index contributed by atoms with van der Waals surface area (Å²) in [6.45, 7) is 9.99. The third-order valence-corrected chi connectivity index (χ3v) is 1.69. The summed E-state index contributed by atoms with van der Waals surface area (Å²) >= 11 is 4.28. The Bertz CT molecular complexity index is 133. The first-order valence-electron chi connectivity index (χ1n) is 3.89. The highest BCUT2D eigenvalue weighted by Gasteiger charge is 2.24. The quantitative estimate of drug-likeness (QED) is 0.381. The van der Waals surface area contributed by atoms with Crippen LogP contribution in [-0.4, -0.2) is 4.87 Å². The maximum absolute atomic E-state index is 5.78. The lowest BCUT2D eigenvalue weighted by Crippen LogP contribution is -2.34. The molecule has 0 aliphatic heterocycles. The molecule has 2 heteroatoms. The van der Waals surface area contributed by atoms with E-state index < -0.39 is 0 Å². The van der Waals surface area contributed by atoms with Gasteiger partial charge in [0.25, 0.3) is 0 Å². The average Bonchev–Trinajstić information content (AvgIpc) is 1.55. The van der Waals surface area contributed by atoms with Crippen LogP contribution in [0.25, 0.3) is 0 Å². The van der Waals surface area contributed by atoms with E-state index in [0.29, 0.717) is 0 Å². The molecule has 0 fully saturated rings. The molecule has 0 aliphatic rings. The number of hydrogen-bond acceptors (Lipinski definition) is 2. The molecule has 0 heterocycles. The van der Waals surface area contributed by atoms with Crippen LogP contribution in [0.1, 0.15) is 33.6 Å². The molecule has 0 spiro atoms. The van der Waals surface area contributed by atoms with Crippen molar-refractivity contribution in [2.24, 2.45) is 11.1 Å². The summed E-state index contributed by atoms with van der Waals surface area (Å²) in [7, 11) is 0. The van der Waals surface area contributed by atoms with Crippen molar-refractivity contribution in [1.82, 2.24) is 0 Å². The first-order chi connectivity index (χ1) is 4.77. The molecule has 0 saturated heterocycles. The number of nitrogens with two attached hydrogens (primary N) is 1. The smallest absolute Gasteiger partial charge is 0.0567 e. The van der Waals surface area contributed by atoms with E-state index in [4.69, 9.17) is 5.73 Å². The molecule has 66 valence electrons. The van der Waals surface area contributed by atoms with E-state index in [1.807, 2.05) is 13.0 Å². The first kappa shape index (κ1) is 11.1. The highest BCUT2D eigenvalue weighted by atomic mass is 32.1. The largest absolute Gasteiger partial charge is 0.317 e. The lowest BCUT2D eigenvalue weighted by atomic mass is 9.83. The van der Waals surface area contributed by atoms with Crippen LogP contribution in [-0.2, 0) is 0 Å². The summed E-state index contributed by atoms with van der Waals surface area (Å²) in [6.07, 6.45) is 3.81. The van der Waals surface area contributed by atoms with Crippen molar-refractivity contribution in [2.75, 3.05) is 0 Å². The fourth-order valence-corrected chi connectivity index (χ4v) is 1.86. The molecule has 11 heavy (non-hydrogen) atoms. The molecule has 2 N–H and O–H groups in total. The van der Waals surface area contributed by atoms with Gasteiger partial charge in [-0.2, -0.15) is 12.6 Å². The third kappa shape index (κ3) is 6.45. The maximum atomic E-state index is 5.78. The second-order valence-electron chi connectivity index (χ2n) is 4.19. The molecule has 0 aliphatic carbocycles. The van der Waals surface area contributed by atoms with E-state index in [2.05, 4.69) is 33.1 Å². The van der Waals surface area contributed by atoms with Gasteiger partial charge in [0, 0.05) is 0 Å². The van der Waals surface area contributed by atoms with Gasteiger partial charge in [-0.15, -0.1) is 6.58 Å². The van der Waals surface area contributed by atoms with E-state index in [0.717, 1.165) is 12.8 Å². The van der Waals surface area contributed by atoms with Gasteiger partial charge in [0.15, 0.2) is 0 Å². The van der Waals surface area contributed by atoms with Crippen LogP contribution in [0.15, 0.2) is 12.7 Å². The standard InChI is InChI=1S/C9H19NS/c1-5-6-8(2,3)7-9(4,10)11/h5,11H,1,6-7,10H2,2-4H3. The van der Waals surface area contributed by atoms with Crippen LogP contribution in [0.3, 0.4) is 0 Å². The van der Waals surface area contributed by atoms with Crippen LogP contribution in [0, 0.1) is 5.41 Å². The Morgan fingerprint density at radius 1 is 1.45 bits per heavy atom. The molecule has 0 aromatic carbocycles. The predicted octanol–water partition coefficient (Wildman–Crippen LogP) is 2.58. The van der Waals surface area contributed by atoms with Crippen LogP contribution in [0.5, 0.6) is 0 Å². The molecule has 1 unspecified atom stereocenters. The first-order valence-corrected chi connectivity index (χ1v) is 4.34. The highest BCUT2D eigenvalue weighted by Crippen LogP contribution is 2.31. The fraction of sp³-hybridized carbons (Fsp3) is 0.778. The summed E-state index contributed by atoms with van der Waals surface area (Å²) in [6, 6.07) is 0. The van der Waals surface area contributed by atoms with Gasteiger partial charge >= 0.3 is 0 Å². The summed E-state index contributed by atoms with van der Waals surface area (Å²) in [5, 5.41) is 0. The normalized spacial score (nSPS) is 17.5. The Morgan fingerprint density at radius 3 is 2.18 bits per heavy atom. The fourth-order valence-electron chi connectivity index (χ4n) is 1.43. The molecule has 0 rings (SSSR count). The number of allylic oxidation sites excluding steroid dienone is 1. The zero-order valence-corrected chi connectivity index (χ0v) is 8.62. The van der Waals surface area contributed by atoms with Crippen LogP contribution >= 0.6 is 12.6 Å². The van der Waals surface area contributed by atoms with E-state index in [1.54, 1.807) is 0 Å². The minimum atomic E-state index is -0.369. The minimum Gasteiger partial charge on any atom is -0.317 e. The summed E-state index contributed by atoms with van der Waals surface area (Å²) in [5.41, 5.74) is 6.00. The van der Waals surface area contributed by atoms with Crippen LogP contribution < -0.4 is 5.73 Å². The van der Waals surface area contributed by atoms with Gasteiger partial charge < -0.3 is 5.73 Å². The number of rotatable bonds is 4. The van der Waals surface area contributed by atoms with Gasteiger partial charge in [0.05, 0.1) is 4.87 Å². The van der Waals surface area contributed by atoms with Crippen molar-refractivity contribution in [3.63, 3.8) is 0 Å². The van der Waals surface area contributed by atoms with E-state index in [1.165, 1.54) is 0 Å². The van der Waals surface area contributed by atoms with Crippen molar-refractivity contribution in [3.8, 4) is 0 Å². The third-order valence-electron chi connectivity index (χ3n) is 1.53. The van der Waals surface area contributed by atoms with E-state index in [9.17, 15) is 0 Å². The lowest BCUT2D eigenvalue weighted by molar-refractivity contribution is 0.303. The van der Waals surface area contributed by atoms with Gasteiger partial charge in [0.2, 0.25) is 0 Å². The Morgan fingerprint density at radius 2 is 1.91 bits per heavy atom. The highest BCUT2D eigenvalue weighted by molar-refractivity contribution is 7.81. The topological polar surface area (TPSA) is 26.0 Å². The SMILES string of the molecule is C=CCC(C)(C)CC(C)(N)S. The van der Waals surface area contributed by atoms with Gasteiger partial charge in [0.1, 0.15) is 0 Å². The Kier molecular flexibility index (Phi) is 3.65. The molecule has 0 saturated carbocycles. The van der Waals surface area contributed by atoms with Gasteiger partial charge in [-0.3, -0.25) is 0 Å². The van der Waals surface area contributed by atoms with E-state index >= 15 is 0 Å². The molecule has 0 aromatic heterocycles. The molecule has 1 nitrogen and oxygen atoms in total.